The standard InChI is InChI=1S/C16H30N2O2/c1-3-15(19)14-8-4-5-9-17(14)12-16(20)18-10-6-7-13(2)11-18/h13-15,19H,3-12H2,1-2H3. The van der Waals surface area contributed by atoms with Crippen molar-refractivity contribution in [3.63, 3.8) is 0 Å². The summed E-state index contributed by atoms with van der Waals surface area (Å²) in [6.45, 7) is 7.52. The Hall–Kier alpha value is -0.610. The molecule has 0 bridgehead atoms. The van der Waals surface area contributed by atoms with Crippen LogP contribution in [0, 0.1) is 5.92 Å². The van der Waals surface area contributed by atoms with E-state index >= 15 is 0 Å². The van der Waals surface area contributed by atoms with E-state index in [2.05, 4.69) is 11.8 Å². The van der Waals surface area contributed by atoms with Gasteiger partial charge in [-0.05, 0) is 44.6 Å². The van der Waals surface area contributed by atoms with Gasteiger partial charge in [0.25, 0.3) is 0 Å². The summed E-state index contributed by atoms with van der Waals surface area (Å²) in [6.07, 6.45) is 6.21. The van der Waals surface area contributed by atoms with Gasteiger partial charge in [0.05, 0.1) is 12.6 Å². The van der Waals surface area contributed by atoms with E-state index in [1.54, 1.807) is 0 Å². The van der Waals surface area contributed by atoms with Crippen LogP contribution in [0.1, 0.15) is 52.4 Å². The van der Waals surface area contributed by atoms with Crippen LogP contribution in [0.5, 0.6) is 0 Å². The summed E-state index contributed by atoms with van der Waals surface area (Å²) in [6, 6.07) is 0.180. The van der Waals surface area contributed by atoms with Crippen LogP contribution in [0.3, 0.4) is 0 Å². The van der Waals surface area contributed by atoms with Crippen LogP contribution < -0.4 is 0 Å². The van der Waals surface area contributed by atoms with Crippen LogP contribution in [0.4, 0.5) is 0 Å². The number of aliphatic hydroxyl groups excluding tert-OH is 1. The Morgan fingerprint density at radius 2 is 2.05 bits per heavy atom. The van der Waals surface area contributed by atoms with Gasteiger partial charge in [-0.1, -0.05) is 20.3 Å². The summed E-state index contributed by atoms with van der Waals surface area (Å²) in [5.41, 5.74) is 0. The Labute approximate surface area is 123 Å². The monoisotopic (exact) mass is 282 g/mol. The summed E-state index contributed by atoms with van der Waals surface area (Å²) in [5, 5.41) is 10.2. The van der Waals surface area contributed by atoms with E-state index in [0.717, 1.165) is 45.3 Å². The van der Waals surface area contributed by atoms with E-state index in [4.69, 9.17) is 0 Å². The van der Waals surface area contributed by atoms with Gasteiger partial charge in [-0.25, -0.2) is 0 Å². The molecule has 20 heavy (non-hydrogen) atoms. The molecule has 2 fully saturated rings. The number of hydrogen-bond donors (Lipinski definition) is 1. The summed E-state index contributed by atoms with van der Waals surface area (Å²) in [5.74, 6) is 0.887. The van der Waals surface area contributed by atoms with Crippen molar-refractivity contribution in [1.29, 1.82) is 0 Å². The van der Waals surface area contributed by atoms with Crippen molar-refractivity contribution in [2.75, 3.05) is 26.2 Å². The largest absolute Gasteiger partial charge is 0.392 e. The third-order valence-electron chi connectivity index (χ3n) is 4.87. The molecule has 1 N–H and O–H groups in total. The Balaban J connectivity index is 1.90. The molecule has 4 nitrogen and oxygen atoms in total. The summed E-state index contributed by atoms with van der Waals surface area (Å²) >= 11 is 0. The molecule has 2 saturated heterocycles. The van der Waals surface area contributed by atoms with Crippen LogP contribution in [0.15, 0.2) is 0 Å². The fraction of sp³-hybridized carbons (Fsp3) is 0.938. The van der Waals surface area contributed by atoms with Crippen molar-refractivity contribution >= 4 is 5.91 Å². The fourth-order valence-corrected chi connectivity index (χ4v) is 3.61. The van der Waals surface area contributed by atoms with Gasteiger partial charge in [-0.2, -0.15) is 0 Å². The topological polar surface area (TPSA) is 43.8 Å². The average Bonchev–Trinajstić information content (AvgIpc) is 2.47. The molecule has 0 aromatic rings. The molecule has 0 spiro atoms. The van der Waals surface area contributed by atoms with Gasteiger partial charge in [0.1, 0.15) is 0 Å². The molecule has 1 amide bonds. The lowest BCUT2D eigenvalue weighted by molar-refractivity contribution is -0.135. The van der Waals surface area contributed by atoms with Crippen molar-refractivity contribution in [3.05, 3.63) is 0 Å². The number of hydrogen-bond acceptors (Lipinski definition) is 3. The summed E-state index contributed by atoms with van der Waals surface area (Å²) in [4.78, 5) is 16.7. The predicted octanol–water partition coefficient (Wildman–Crippen LogP) is 1.87. The number of aliphatic hydroxyl groups is 1. The van der Waals surface area contributed by atoms with Crippen molar-refractivity contribution in [1.82, 2.24) is 9.80 Å². The molecular formula is C16H30N2O2. The second kappa shape index (κ2) is 7.41. The molecule has 0 aromatic heterocycles. The molecule has 0 aliphatic carbocycles. The number of amides is 1. The second-order valence-electron chi connectivity index (χ2n) is 6.60. The smallest absolute Gasteiger partial charge is 0.236 e. The van der Waals surface area contributed by atoms with Crippen LogP contribution in [-0.4, -0.2) is 59.1 Å². The summed E-state index contributed by atoms with van der Waals surface area (Å²) < 4.78 is 0. The van der Waals surface area contributed by atoms with E-state index in [1.807, 2.05) is 11.8 Å². The molecule has 0 aromatic carbocycles. The zero-order valence-electron chi connectivity index (χ0n) is 13.1. The van der Waals surface area contributed by atoms with Crippen molar-refractivity contribution in [2.24, 2.45) is 5.92 Å². The van der Waals surface area contributed by atoms with Crippen molar-refractivity contribution in [2.45, 2.75) is 64.5 Å². The molecular weight excluding hydrogens is 252 g/mol. The predicted molar refractivity (Wildman–Crippen MR) is 80.5 cm³/mol. The first-order chi connectivity index (χ1) is 9.61. The minimum Gasteiger partial charge on any atom is -0.392 e. The Morgan fingerprint density at radius 3 is 2.75 bits per heavy atom. The zero-order valence-corrected chi connectivity index (χ0v) is 13.1. The number of piperidine rings is 2. The Kier molecular flexibility index (Phi) is 5.85. The quantitative estimate of drug-likeness (QED) is 0.856. The van der Waals surface area contributed by atoms with E-state index in [-0.39, 0.29) is 18.1 Å². The fourth-order valence-electron chi connectivity index (χ4n) is 3.61. The van der Waals surface area contributed by atoms with Gasteiger partial charge in [-0.15, -0.1) is 0 Å². The van der Waals surface area contributed by atoms with E-state index < -0.39 is 0 Å². The van der Waals surface area contributed by atoms with Gasteiger partial charge in [0.2, 0.25) is 5.91 Å². The van der Waals surface area contributed by atoms with Gasteiger partial charge >= 0.3 is 0 Å². The molecule has 4 heteroatoms. The lowest BCUT2D eigenvalue weighted by atomic mass is 9.95. The molecule has 2 rings (SSSR count). The normalized spacial score (nSPS) is 30.2. The number of nitrogens with zero attached hydrogens (tertiary/aromatic N) is 2. The Morgan fingerprint density at radius 1 is 1.25 bits per heavy atom. The maximum atomic E-state index is 12.5. The SMILES string of the molecule is CCC(O)C1CCCCN1CC(=O)N1CCCC(C)C1. The second-order valence-corrected chi connectivity index (χ2v) is 6.60. The molecule has 2 aliphatic heterocycles. The molecule has 3 atom stereocenters. The van der Waals surface area contributed by atoms with E-state index in [0.29, 0.717) is 12.5 Å². The van der Waals surface area contributed by atoms with Gasteiger partial charge in [-0.3, -0.25) is 9.69 Å². The van der Waals surface area contributed by atoms with Crippen LogP contribution in [0.2, 0.25) is 0 Å². The highest BCUT2D eigenvalue weighted by atomic mass is 16.3. The number of carbonyl (C=O) groups is 1. The van der Waals surface area contributed by atoms with Crippen LogP contribution in [0.25, 0.3) is 0 Å². The van der Waals surface area contributed by atoms with Gasteiger partial charge < -0.3 is 10.0 Å². The summed E-state index contributed by atoms with van der Waals surface area (Å²) in [7, 11) is 0. The van der Waals surface area contributed by atoms with E-state index in [1.165, 1.54) is 12.8 Å². The maximum absolute atomic E-state index is 12.5. The lowest BCUT2D eigenvalue weighted by Crippen LogP contribution is -2.52. The highest BCUT2D eigenvalue weighted by Gasteiger charge is 2.31. The maximum Gasteiger partial charge on any atom is 0.236 e. The first kappa shape index (κ1) is 15.8. The first-order valence-electron chi connectivity index (χ1n) is 8.31. The minimum absolute atomic E-state index is 0.180. The molecule has 116 valence electrons. The third kappa shape index (κ3) is 3.95. The van der Waals surface area contributed by atoms with Gasteiger partial charge in [0.15, 0.2) is 0 Å². The molecule has 3 unspecified atom stereocenters. The van der Waals surface area contributed by atoms with Crippen LogP contribution in [-0.2, 0) is 4.79 Å². The Bertz CT molecular complexity index is 322. The van der Waals surface area contributed by atoms with Crippen LogP contribution >= 0.6 is 0 Å². The minimum atomic E-state index is -0.289. The molecule has 0 radical (unpaired) electrons. The molecule has 0 saturated carbocycles. The van der Waals surface area contributed by atoms with Crippen molar-refractivity contribution < 1.29 is 9.90 Å². The number of rotatable bonds is 4. The van der Waals surface area contributed by atoms with Crippen molar-refractivity contribution in [3.8, 4) is 0 Å². The number of likely N-dealkylation sites (tertiary alicyclic amines) is 2. The average molecular weight is 282 g/mol. The number of carbonyl (C=O) groups excluding carboxylic acids is 1. The lowest BCUT2D eigenvalue weighted by Gasteiger charge is -2.39. The first-order valence-corrected chi connectivity index (χ1v) is 8.31. The third-order valence-corrected chi connectivity index (χ3v) is 4.87. The van der Waals surface area contributed by atoms with E-state index in [9.17, 15) is 9.90 Å². The highest BCUT2D eigenvalue weighted by molar-refractivity contribution is 5.78. The highest BCUT2D eigenvalue weighted by Crippen LogP contribution is 2.22. The molecule has 2 aliphatic rings. The zero-order chi connectivity index (χ0) is 14.5. The molecule has 2 heterocycles. The van der Waals surface area contributed by atoms with Gasteiger partial charge in [0, 0.05) is 19.1 Å².